The van der Waals surface area contributed by atoms with Gasteiger partial charge in [-0.1, -0.05) is 36.4 Å². The monoisotopic (exact) mass is 345 g/mol. The summed E-state index contributed by atoms with van der Waals surface area (Å²) in [6, 6.07) is 18.7. The fraction of sp³-hybridized carbons (Fsp3) is 0.0952. The van der Waals surface area contributed by atoms with Gasteiger partial charge in [0, 0.05) is 23.2 Å². The molecule has 1 aliphatic carbocycles. The summed E-state index contributed by atoms with van der Waals surface area (Å²) in [4.78, 5) is 3.11. The van der Waals surface area contributed by atoms with Gasteiger partial charge in [-0.15, -0.1) is 11.8 Å². The highest BCUT2D eigenvalue weighted by Crippen LogP contribution is 2.37. The number of nitrogens with one attached hydrogen (secondary N) is 2. The van der Waals surface area contributed by atoms with Crippen molar-refractivity contribution in [1.82, 2.24) is 0 Å². The van der Waals surface area contributed by atoms with Crippen molar-refractivity contribution in [2.45, 2.75) is 4.90 Å². The maximum Gasteiger partial charge on any atom is 0.199 e. The molecule has 3 nitrogen and oxygen atoms in total. The molecule has 0 bridgehead atoms. The van der Waals surface area contributed by atoms with E-state index in [1.807, 2.05) is 24.1 Å². The second-order valence-corrected chi connectivity index (χ2v) is 6.92. The van der Waals surface area contributed by atoms with Crippen LogP contribution in [0.1, 0.15) is 11.1 Å². The first-order valence-electron chi connectivity index (χ1n) is 8.14. The number of hydrogen-bond acceptors (Lipinski definition) is 2. The van der Waals surface area contributed by atoms with Crippen LogP contribution in [-0.2, 0) is 0 Å². The highest BCUT2D eigenvalue weighted by Gasteiger charge is 2.17. The number of anilines is 2. The summed E-state index contributed by atoms with van der Waals surface area (Å²) in [6.07, 6.45) is 6.35. The normalized spacial score (nSPS) is 11.8. The van der Waals surface area contributed by atoms with Crippen molar-refractivity contribution in [2.75, 3.05) is 23.5 Å². The van der Waals surface area contributed by atoms with Gasteiger partial charge in [0.1, 0.15) is 0 Å². The first-order chi connectivity index (χ1) is 12.2. The number of thioether (sulfide) groups is 1. The summed E-state index contributed by atoms with van der Waals surface area (Å²) in [5.41, 5.74) is 4.38. The SMILES string of the molecule is CSc1ccc(NC(=N)N(C)c2ccc3cccc4c3c2C=C4)cc1. The lowest BCUT2D eigenvalue weighted by Crippen LogP contribution is -2.32. The minimum Gasteiger partial charge on any atom is -0.326 e. The van der Waals surface area contributed by atoms with Crippen molar-refractivity contribution in [1.29, 1.82) is 5.41 Å². The fourth-order valence-corrected chi connectivity index (χ4v) is 3.62. The maximum atomic E-state index is 8.45. The molecular weight excluding hydrogens is 326 g/mol. The molecule has 0 spiro atoms. The van der Waals surface area contributed by atoms with Crippen LogP contribution in [0.25, 0.3) is 22.9 Å². The first-order valence-corrected chi connectivity index (χ1v) is 9.37. The van der Waals surface area contributed by atoms with Crippen LogP contribution in [0.5, 0.6) is 0 Å². The van der Waals surface area contributed by atoms with Crippen molar-refractivity contribution in [2.24, 2.45) is 0 Å². The van der Waals surface area contributed by atoms with E-state index in [2.05, 4.69) is 66.2 Å². The molecule has 0 radical (unpaired) electrons. The smallest absolute Gasteiger partial charge is 0.199 e. The topological polar surface area (TPSA) is 39.1 Å². The Morgan fingerprint density at radius 2 is 1.80 bits per heavy atom. The average molecular weight is 345 g/mol. The lowest BCUT2D eigenvalue weighted by Gasteiger charge is -2.23. The third-order valence-corrected chi connectivity index (χ3v) is 5.32. The predicted octanol–water partition coefficient (Wildman–Crippen LogP) is 5.53. The number of benzene rings is 3. The van der Waals surface area contributed by atoms with Crippen LogP contribution in [0.15, 0.2) is 59.5 Å². The largest absolute Gasteiger partial charge is 0.326 e. The van der Waals surface area contributed by atoms with Crippen molar-refractivity contribution in [3.63, 3.8) is 0 Å². The highest BCUT2D eigenvalue weighted by atomic mass is 32.2. The molecule has 0 fully saturated rings. The Morgan fingerprint density at radius 3 is 2.56 bits per heavy atom. The molecule has 3 aromatic carbocycles. The van der Waals surface area contributed by atoms with E-state index in [-0.39, 0.29) is 0 Å². The van der Waals surface area contributed by atoms with E-state index < -0.39 is 0 Å². The molecule has 0 saturated heterocycles. The zero-order valence-electron chi connectivity index (χ0n) is 14.2. The summed E-state index contributed by atoms with van der Waals surface area (Å²) in [6.45, 7) is 0. The Hall–Kier alpha value is -2.72. The van der Waals surface area contributed by atoms with E-state index in [0.717, 1.165) is 11.4 Å². The van der Waals surface area contributed by atoms with E-state index in [4.69, 9.17) is 5.41 Å². The molecule has 25 heavy (non-hydrogen) atoms. The molecule has 1 aliphatic rings. The third kappa shape index (κ3) is 2.79. The lowest BCUT2D eigenvalue weighted by molar-refractivity contribution is 1.21. The minimum atomic E-state index is 0.352. The van der Waals surface area contributed by atoms with Crippen molar-refractivity contribution < 1.29 is 0 Å². The predicted molar refractivity (Wildman–Crippen MR) is 111 cm³/mol. The van der Waals surface area contributed by atoms with Gasteiger partial charge in [-0.05, 0) is 52.9 Å². The van der Waals surface area contributed by atoms with Crippen LogP contribution in [0.4, 0.5) is 11.4 Å². The van der Waals surface area contributed by atoms with E-state index in [1.165, 1.54) is 26.8 Å². The van der Waals surface area contributed by atoms with Crippen LogP contribution >= 0.6 is 11.8 Å². The van der Waals surface area contributed by atoms with E-state index in [9.17, 15) is 0 Å². The van der Waals surface area contributed by atoms with Crippen LogP contribution < -0.4 is 10.2 Å². The maximum absolute atomic E-state index is 8.45. The fourth-order valence-electron chi connectivity index (χ4n) is 3.21. The van der Waals surface area contributed by atoms with E-state index in [0.29, 0.717) is 5.96 Å². The molecule has 3 aromatic rings. The van der Waals surface area contributed by atoms with Crippen LogP contribution in [-0.4, -0.2) is 19.3 Å². The van der Waals surface area contributed by atoms with Gasteiger partial charge < -0.3 is 10.2 Å². The molecule has 0 aromatic heterocycles. The molecule has 2 N–H and O–H groups in total. The lowest BCUT2D eigenvalue weighted by atomic mass is 10.0. The second-order valence-electron chi connectivity index (χ2n) is 6.04. The number of guanidine groups is 1. The number of rotatable bonds is 3. The Balaban J connectivity index is 1.63. The molecule has 0 amide bonds. The molecule has 0 atom stereocenters. The summed E-state index contributed by atoms with van der Waals surface area (Å²) in [7, 11) is 1.93. The Kier molecular flexibility index (Phi) is 3.98. The summed E-state index contributed by atoms with van der Waals surface area (Å²) in [5.74, 6) is 0.352. The van der Waals surface area contributed by atoms with Gasteiger partial charge in [0.15, 0.2) is 5.96 Å². The highest BCUT2D eigenvalue weighted by molar-refractivity contribution is 7.98. The summed E-state index contributed by atoms with van der Waals surface area (Å²) >= 11 is 1.71. The molecule has 4 rings (SSSR count). The average Bonchev–Trinajstić information content (AvgIpc) is 3.08. The van der Waals surface area contributed by atoms with E-state index in [1.54, 1.807) is 11.8 Å². The van der Waals surface area contributed by atoms with Gasteiger partial charge in [0.25, 0.3) is 0 Å². The third-order valence-electron chi connectivity index (χ3n) is 4.57. The summed E-state index contributed by atoms with van der Waals surface area (Å²) < 4.78 is 0. The van der Waals surface area contributed by atoms with Crippen molar-refractivity contribution in [3.05, 3.63) is 65.7 Å². The van der Waals surface area contributed by atoms with Crippen molar-refractivity contribution >= 4 is 52.0 Å². The number of nitrogens with zero attached hydrogens (tertiary/aromatic N) is 1. The quantitative estimate of drug-likeness (QED) is 0.291. The Bertz CT molecular complexity index is 990. The van der Waals surface area contributed by atoms with E-state index >= 15 is 0 Å². The molecule has 0 saturated carbocycles. The zero-order chi connectivity index (χ0) is 17.4. The minimum absolute atomic E-state index is 0.352. The zero-order valence-corrected chi connectivity index (χ0v) is 15.0. The number of hydrogen-bond donors (Lipinski definition) is 2. The second kappa shape index (κ2) is 6.30. The molecule has 0 aliphatic heterocycles. The molecule has 0 unspecified atom stereocenters. The molecule has 0 heterocycles. The van der Waals surface area contributed by atoms with Gasteiger partial charge >= 0.3 is 0 Å². The summed E-state index contributed by atoms with van der Waals surface area (Å²) in [5, 5.41) is 14.1. The Labute approximate surface area is 151 Å². The van der Waals surface area contributed by atoms with Gasteiger partial charge in [-0.25, -0.2) is 0 Å². The van der Waals surface area contributed by atoms with Crippen LogP contribution in [0, 0.1) is 5.41 Å². The molecule has 4 heteroatoms. The van der Waals surface area contributed by atoms with Gasteiger partial charge in [0.05, 0.1) is 5.69 Å². The van der Waals surface area contributed by atoms with Crippen molar-refractivity contribution in [3.8, 4) is 0 Å². The van der Waals surface area contributed by atoms with Gasteiger partial charge in [-0.2, -0.15) is 0 Å². The molecular formula is C21H19N3S. The van der Waals surface area contributed by atoms with Gasteiger partial charge in [0.2, 0.25) is 0 Å². The standard InChI is InChI=1S/C21H19N3S/c1-24(21(22)23-16-8-10-17(25-2)11-9-16)19-13-7-15-5-3-4-14-6-12-18(19)20(14)15/h3-13H,1-2H3,(H2,22,23). The van der Waals surface area contributed by atoms with Crippen LogP contribution in [0.3, 0.4) is 0 Å². The van der Waals surface area contributed by atoms with Crippen LogP contribution in [0.2, 0.25) is 0 Å². The molecule has 124 valence electrons. The Morgan fingerprint density at radius 1 is 1.00 bits per heavy atom. The van der Waals surface area contributed by atoms with Gasteiger partial charge in [-0.3, -0.25) is 5.41 Å². The first kappa shape index (κ1) is 15.8.